The third-order valence-electron chi connectivity index (χ3n) is 3.32. The zero-order chi connectivity index (χ0) is 15.3. The van der Waals surface area contributed by atoms with Gasteiger partial charge in [0.2, 0.25) is 0 Å². The minimum absolute atomic E-state index is 0.0568. The molecule has 5 nitrogen and oxygen atoms in total. The zero-order valence-electron chi connectivity index (χ0n) is 13.0. The largest absolute Gasteiger partial charge is 0.480 e. The Hall–Kier alpha value is -1.26. The van der Waals surface area contributed by atoms with E-state index in [-0.39, 0.29) is 12.9 Å². The highest BCUT2D eigenvalue weighted by Crippen LogP contribution is 2.26. The summed E-state index contributed by atoms with van der Waals surface area (Å²) in [5.41, 5.74) is -0.901. The molecule has 1 saturated carbocycles. The van der Waals surface area contributed by atoms with Gasteiger partial charge < -0.3 is 9.84 Å². The van der Waals surface area contributed by atoms with E-state index in [1.807, 2.05) is 0 Å². The number of rotatable bonds is 3. The topological polar surface area (TPSA) is 66.8 Å². The van der Waals surface area contributed by atoms with Gasteiger partial charge in [0.05, 0.1) is 0 Å². The van der Waals surface area contributed by atoms with E-state index in [9.17, 15) is 14.7 Å². The molecule has 1 amide bonds. The Kier molecular flexibility index (Phi) is 4.66. The van der Waals surface area contributed by atoms with Gasteiger partial charge in [-0.05, 0) is 40.5 Å². The molecule has 19 heavy (non-hydrogen) atoms. The first-order valence-electron chi connectivity index (χ1n) is 7.52. The normalized spacial score (nSPS) is 19.4. The lowest BCUT2D eigenvalue weighted by Crippen LogP contribution is -2.51. The summed E-state index contributed by atoms with van der Waals surface area (Å²) in [7, 11) is 0. The van der Waals surface area contributed by atoms with Crippen molar-refractivity contribution in [3.63, 3.8) is 0 Å². The van der Waals surface area contributed by atoms with E-state index < -0.39 is 23.7 Å². The Labute approximate surface area is 116 Å². The molecule has 0 bridgehead atoms. The summed E-state index contributed by atoms with van der Waals surface area (Å²) in [6.07, 6.45) is 4.14. The van der Waals surface area contributed by atoms with Crippen LogP contribution in [-0.4, -0.2) is 39.8 Å². The Morgan fingerprint density at radius 3 is 2.42 bits per heavy atom. The number of amides is 1. The molecule has 0 saturated heterocycles. The van der Waals surface area contributed by atoms with Crippen LogP contribution in [0, 0.1) is 0 Å². The second-order valence-corrected chi connectivity index (χ2v) is 5.84. The quantitative estimate of drug-likeness (QED) is 0.857. The highest BCUT2D eigenvalue weighted by molar-refractivity contribution is 5.80. The monoisotopic (exact) mass is 272 g/mol. The van der Waals surface area contributed by atoms with Crippen LogP contribution in [0.5, 0.6) is 0 Å². The van der Waals surface area contributed by atoms with E-state index in [1.165, 1.54) is 11.8 Å². The van der Waals surface area contributed by atoms with E-state index in [0.29, 0.717) is 0 Å². The average molecular weight is 272 g/mol. The fourth-order valence-corrected chi connectivity index (χ4v) is 2.39. The number of aliphatic carboxylic acids is 1. The van der Waals surface area contributed by atoms with Crippen LogP contribution in [-0.2, 0) is 9.53 Å². The summed E-state index contributed by atoms with van der Waals surface area (Å²) in [5.74, 6) is -1.03. The SMILES string of the molecule is [2H]CC(C)(C)OC(=O)N(C1CCCCC1)[C@@H](C)C(=O)O. The molecule has 1 aliphatic rings. The predicted molar refractivity (Wildman–Crippen MR) is 72.0 cm³/mol. The second kappa shape index (κ2) is 6.26. The minimum Gasteiger partial charge on any atom is -0.480 e. The Balaban J connectivity index is 2.86. The highest BCUT2D eigenvalue weighted by Gasteiger charge is 2.35. The number of nitrogens with zero attached hydrogens (tertiary/aromatic N) is 1. The summed E-state index contributed by atoms with van der Waals surface area (Å²) in [4.78, 5) is 24.9. The number of hydrogen-bond acceptors (Lipinski definition) is 3. The predicted octanol–water partition coefficient (Wildman–Crippen LogP) is 3.03. The summed E-state index contributed by atoms with van der Waals surface area (Å²) in [6, 6.07) is -0.990. The minimum atomic E-state index is -1.03. The summed E-state index contributed by atoms with van der Waals surface area (Å²) in [5, 5.41) is 9.20. The molecule has 1 fully saturated rings. The van der Waals surface area contributed by atoms with Gasteiger partial charge in [-0.15, -0.1) is 0 Å². The number of carbonyl (C=O) groups excluding carboxylic acids is 1. The van der Waals surface area contributed by atoms with Crippen LogP contribution in [0.25, 0.3) is 0 Å². The summed E-state index contributed by atoms with van der Waals surface area (Å²) < 4.78 is 12.7. The lowest BCUT2D eigenvalue weighted by atomic mass is 9.93. The number of carboxylic acid groups (broad SMARTS) is 1. The molecule has 110 valence electrons. The average Bonchev–Trinajstić information content (AvgIpc) is 2.39. The first kappa shape index (κ1) is 14.2. The van der Waals surface area contributed by atoms with Gasteiger partial charge in [0.1, 0.15) is 11.6 Å². The second-order valence-electron chi connectivity index (χ2n) is 5.84. The van der Waals surface area contributed by atoms with Crippen LogP contribution in [0.3, 0.4) is 0 Å². The van der Waals surface area contributed by atoms with Gasteiger partial charge in [0, 0.05) is 7.41 Å². The first-order valence-corrected chi connectivity index (χ1v) is 6.82. The van der Waals surface area contributed by atoms with Crippen LogP contribution in [0.1, 0.15) is 61.1 Å². The maximum Gasteiger partial charge on any atom is 0.411 e. The zero-order valence-corrected chi connectivity index (χ0v) is 12.0. The van der Waals surface area contributed by atoms with Crippen molar-refractivity contribution in [3.05, 3.63) is 0 Å². The molecule has 0 spiro atoms. The molecule has 0 radical (unpaired) electrons. The maximum atomic E-state index is 12.3. The molecule has 0 unspecified atom stereocenters. The Bertz CT molecular complexity index is 353. The lowest BCUT2D eigenvalue weighted by molar-refractivity contribution is -0.143. The summed E-state index contributed by atoms with van der Waals surface area (Å²) in [6.45, 7) is 4.76. The van der Waals surface area contributed by atoms with Crippen molar-refractivity contribution in [2.45, 2.75) is 77.5 Å². The van der Waals surface area contributed by atoms with Gasteiger partial charge in [-0.2, -0.15) is 0 Å². The third-order valence-corrected chi connectivity index (χ3v) is 3.32. The van der Waals surface area contributed by atoms with Crippen molar-refractivity contribution >= 4 is 12.1 Å². The van der Waals surface area contributed by atoms with E-state index >= 15 is 0 Å². The molecule has 0 aromatic rings. The van der Waals surface area contributed by atoms with Crippen LogP contribution < -0.4 is 0 Å². The standard InChI is InChI=1S/C14H25NO4/c1-10(12(16)17)15(11-8-6-5-7-9-11)13(18)19-14(2,3)4/h10-11H,5-9H2,1-4H3,(H,16,17)/t10-/m0/s1/i2D. The molecule has 0 aliphatic heterocycles. The Morgan fingerprint density at radius 2 is 1.95 bits per heavy atom. The molecule has 5 heteroatoms. The van der Waals surface area contributed by atoms with Crippen molar-refractivity contribution < 1.29 is 20.8 Å². The van der Waals surface area contributed by atoms with Crippen molar-refractivity contribution in [1.29, 1.82) is 0 Å². The van der Waals surface area contributed by atoms with E-state index in [4.69, 9.17) is 6.11 Å². The number of carboxylic acids is 1. The molecule has 1 rings (SSSR count). The molecule has 1 N–H and O–H groups in total. The van der Waals surface area contributed by atoms with Crippen molar-refractivity contribution in [3.8, 4) is 0 Å². The van der Waals surface area contributed by atoms with Crippen LogP contribution in [0.4, 0.5) is 4.79 Å². The fraction of sp³-hybridized carbons (Fsp3) is 0.857. The van der Waals surface area contributed by atoms with E-state index in [1.54, 1.807) is 13.8 Å². The highest BCUT2D eigenvalue weighted by atomic mass is 16.6. The van der Waals surface area contributed by atoms with Gasteiger partial charge >= 0.3 is 12.1 Å². The molecular weight excluding hydrogens is 246 g/mol. The van der Waals surface area contributed by atoms with E-state index in [2.05, 4.69) is 0 Å². The molecule has 1 aliphatic carbocycles. The molecule has 0 aromatic carbocycles. The van der Waals surface area contributed by atoms with Crippen molar-refractivity contribution in [2.75, 3.05) is 0 Å². The fourth-order valence-electron chi connectivity index (χ4n) is 2.39. The smallest absolute Gasteiger partial charge is 0.411 e. The number of carbonyl (C=O) groups is 2. The third kappa shape index (κ3) is 4.73. The number of hydrogen-bond donors (Lipinski definition) is 1. The van der Waals surface area contributed by atoms with Gasteiger partial charge in [-0.1, -0.05) is 19.3 Å². The molecule has 1 atom stereocenters. The van der Waals surface area contributed by atoms with Crippen molar-refractivity contribution in [2.24, 2.45) is 0 Å². The maximum absolute atomic E-state index is 12.3. The van der Waals surface area contributed by atoms with Gasteiger partial charge in [0.15, 0.2) is 0 Å². The molecule has 0 heterocycles. The molecule has 0 aromatic heterocycles. The van der Waals surface area contributed by atoms with Crippen LogP contribution in [0.15, 0.2) is 0 Å². The van der Waals surface area contributed by atoms with Crippen LogP contribution >= 0.6 is 0 Å². The van der Waals surface area contributed by atoms with Gasteiger partial charge in [-0.3, -0.25) is 4.90 Å². The Morgan fingerprint density at radius 1 is 1.37 bits per heavy atom. The summed E-state index contributed by atoms with van der Waals surface area (Å²) >= 11 is 0. The van der Waals surface area contributed by atoms with E-state index in [0.717, 1.165) is 32.1 Å². The number of ether oxygens (including phenoxy) is 1. The van der Waals surface area contributed by atoms with Gasteiger partial charge in [-0.25, -0.2) is 9.59 Å². The first-order chi connectivity index (χ1) is 9.28. The molecular formula is C14H25NO4. The van der Waals surface area contributed by atoms with Crippen LogP contribution in [0.2, 0.25) is 0 Å². The van der Waals surface area contributed by atoms with Crippen molar-refractivity contribution in [1.82, 2.24) is 4.90 Å². The van der Waals surface area contributed by atoms with Gasteiger partial charge in [0.25, 0.3) is 0 Å². The lowest BCUT2D eigenvalue weighted by Gasteiger charge is -2.37.